The Morgan fingerprint density at radius 1 is 0.787 bits per heavy atom. The number of carbonyl (C=O) groups excluding carboxylic acids is 1. The van der Waals surface area contributed by atoms with Gasteiger partial charge in [0.1, 0.15) is 58.5 Å². The van der Waals surface area contributed by atoms with Crippen LogP contribution >= 0.6 is 0 Å². The Kier molecular flexibility index (Phi) is 11.9. The van der Waals surface area contributed by atoms with Crippen molar-refractivity contribution in [3.63, 3.8) is 0 Å². The molecule has 7 rings (SSSR count). The molecule has 61 heavy (non-hydrogen) atoms. The fraction of sp³-hybridized carbons (Fsp3) is 0.468. The van der Waals surface area contributed by atoms with Gasteiger partial charge in [0.05, 0.1) is 33.1 Å². The van der Waals surface area contributed by atoms with Crippen molar-refractivity contribution in [2.75, 3.05) is 32.8 Å². The van der Waals surface area contributed by atoms with Crippen LogP contribution in [0, 0.1) is 0 Å². The van der Waals surface area contributed by atoms with Gasteiger partial charge in [0.15, 0.2) is 19.9 Å². The molecule has 0 saturated carbocycles. The van der Waals surface area contributed by atoms with Gasteiger partial charge >= 0.3 is 6.09 Å². The summed E-state index contributed by atoms with van der Waals surface area (Å²) in [6, 6.07) is 29.8. The van der Waals surface area contributed by atoms with Crippen LogP contribution in [0.2, 0.25) is 18.1 Å². The van der Waals surface area contributed by atoms with E-state index in [1.54, 1.807) is 39.5 Å². The highest BCUT2D eigenvalue weighted by molar-refractivity contribution is 6.74. The molecule has 0 spiro atoms. The lowest BCUT2D eigenvalue weighted by Gasteiger charge is -2.43. The molecule has 0 aliphatic carbocycles. The zero-order chi connectivity index (χ0) is 44.0. The standard InChI is InChI=1S/C47H60N4O9Si/c1-43(2,3)60-42(52)50-41-37-27-26-36(51(37)49-30-48-41)38-39-40(59-45(7,8)57-39)46(58-38,29-56-61(11,12)44(4,5)6)28-55-47(31-16-14-13-15-17-31,32-18-22-34(53-9)23-19-32)33-20-24-35(54-10)25-21-33/h13-27,30,38-40H,28-29H2,1-12H3,(H,48,49,50,52)/t38-,39-,40-,46+/m0/s1. The fourth-order valence-corrected chi connectivity index (χ4v) is 8.84. The Balaban J connectivity index is 1.37. The lowest BCUT2D eigenvalue weighted by atomic mass is 9.79. The Hall–Kier alpha value is -4.83. The first-order chi connectivity index (χ1) is 28.7. The minimum atomic E-state index is -2.40. The molecule has 0 unspecified atom stereocenters. The Bertz CT molecular complexity index is 2260. The van der Waals surface area contributed by atoms with Gasteiger partial charge in [-0.3, -0.25) is 5.32 Å². The van der Waals surface area contributed by atoms with E-state index in [0.29, 0.717) is 11.2 Å². The maximum absolute atomic E-state index is 12.9. The summed E-state index contributed by atoms with van der Waals surface area (Å²) in [6.45, 7) is 20.5. The highest BCUT2D eigenvalue weighted by Crippen LogP contribution is 2.53. The third kappa shape index (κ3) is 8.79. The van der Waals surface area contributed by atoms with Crippen molar-refractivity contribution < 1.29 is 42.4 Å². The molecule has 326 valence electrons. The summed E-state index contributed by atoms with van der Waals surface area (Å²) in [5.41, 5.74) is 0.805. The summed E-state index contributed by atoms with van der Waals surface area (Å²) in [5.74, 6) is 0.747. The molecular weight excluding hydrogens is 793 g/mol. The molecule has 1 N–H and O–H groups in total. The number of hydrogen-bond acceptors (Lipinski definition) is 11. The summed E-state index contributed by atoms with van der Waals surface area (Å²) in [7, 11) is 0.908. The molecular formula is C47H60N4O9Si. The number of aromatic nitrogens is 3. The van der Waals surface area contributed by atoms with Gasteiger partial charge in [0.25, 0.3) is 0 Å². The van der Waals surface area contributed by atoms with Crippen molar-refractivity contribution in [3.05, 3.63) is 120 Å². The number of anilines is 1. The summed E-state index contributed by atoms with van der Waals surface area (Å²) in [4.78, 5) is 17.3. The number of rotatable bonds is 13. The largest absolute Gasteiger partial charge is 0.497 e. The first-order valence-electron chi connectivity index (χ1n) is 20.7. The van der Waals surface area contributed by atoms with E-state index in [2.05, 4.69) is 61.4 Å². The number of nitrogens with zero attached hydrogens (tertiary/aromatic N) is 3. The second-order valence-electron chi connectivity index (χ2n) is 18.8. The van der Waals surface area contributed by atoms with Crippen LogP contribution in [0.15, 0.2) is 97.3 Å². The molecule has 0 radical (unpaired) electrons. The lowest BCUT2D eigenvalue weighted by Crippen LogP contribution is -2.55. The van der Waals surface area contributed by atoms with E-state index < -0.39 is 55.3 Å². The summed E-state index contributed by atoms with van der Waals surface area (Å²) in [5, 5.41) is 7.32. The van der Waals surface area contributed by atoms with Crippen LogP contribution in [0.4, 0.5) is 10.6 Å². The van der Waals surface area contributed by atoms with Gasteiger partial charge in [0, 0.05) is 0 Å². The molecule has 2 aliphatic rings. The second-order valence-corrected chi connectivity index (χ2v) is 23.6. The monoisotopic (exact) mass is 852 g/mol. The van der Waals surface area contributed by atoms with E-state index in [-0.39, 0.29) is 24.1 Å². The first kappa shape index (κ1) is 44.2. The highest BCUT2D eigenvalue weighted by Gasteiger charge is 2.65. The first-order valence-corrected chi connectivity index (χ1v) is 23.6. The van der Waals surface area contributed by atoms with E-state index in [4.69, 9.17) is 37.6 Å². The van der Waals surface area contributed by atoms with Gasteiger partial charge in [0.2, 0.25) is 0 Å². The Morgan fingerprint density at radius 3 is 1.93 bits per heavy atom. The Labute approximate surface area is 360 Å². The highest BCUT2D eigenvalue weighted by atomic mass is 28.4. The second kappa shape index (κ2) is 16.5. The van der Waals surface area contributed by atoms with E-state index in [1.165, 1.54) is 6.33 Å². The zero-order valence-corrected chi connectivity index (χ0v) is 38.4. The Morgan fingerprint density at radius 2 is 1.38 bits per heavy atom. The number of methoxy groups -OCH3 is 2. The number of fused-ring (bicyclic) bond motifs is 2. The minimum Gasteiger partial charge on any atom is -0.497 e. The van der Waals surface area contributed by atoms with Crippen molar-refractivity contribution in [2.45, 2.75) is 114 Å². The van der Waals surface area contributed by atoms with Gasteiger partial charge in [-0.25, -0.2) is 14.3 Å². The predicted molar refractivity (Wildman–Crippen MR) is 235 cm³/mol. The van der Waals surface area contributed by atoms with Crippen molar-refractivity contribution in [3.8, 4) is 11.5 Å². The van der Waals surface area contributed by atoms with E-state index in [0.717, 1.165) is 28.2 Å². The van der Waals surface area contributed by atoms with Crippen LogP contribution in [0.3, 0.4) is 0 Å². The molecule has 3 aromatic carbocycles. The van der Waals surface area contributed by atoms with Crippen LogP contribution in [0.25, 0.3) is 5.52 Å². The van der Waals surface area contributed by atoms with Crippen molar-refractivity contribution >= 4 is 25.7 Å². The summed E-state index contributed by atoms with van der Waals surface area (Å²) in [6.07, 6.45) is -1.20. The van der Waals surface area contributed by atoms with Crippen LogP contribution in [0.5, 0.6) is 11.5 Å². The smallest absolute Gasteiger partial charge is 0.413 e. The van der Waals surface area contributed by atoms with Crippen molar-refractivity contribution in [1.82, 2.24) is 14.6 Å². The van der Waals surface area contributed by atoms with E-state index >= 15 is 0 Å². The van der Waals surface area contributed by atoms with Gasteiger partial charge < -0.3 is 37.6 Å². The quantitative estimate of drug-likeness (QED) is 0.0897. The van der Waals surface area contributed by atoms with Crippen molar-refractivity contribution in [1.29, 1.82) is 0 Å². The van der Waals surface area contributed by atoms with Crippen LogP contribution in [-0.4, -0.2) is 85.6 Å². The zero-order valence-electron chi connectivity index (χ0n) is 37.4. The summed E-state index contributed by atoms with van der Waals surface area (Å²) >= 11 is 0. The SMILES string of the molecule is COc1ccc(C(OC[C@]2(CO[Si](C)(C)C(C)(C)C)O[C@@H](c3ccc4c(NC(=O)OC(C)(C)C)ncnn34)[C@@H]3OC(C)(C)O[C@@H]32)(c2ccccc2)c2ccc(OC)cc2)cc1. The lowest BCUT2D eigenvalue weighted by molar-refractivity contribution is -0.232. The average Bonchev–Trinajstić information content (AvgIpc) is 3.87. The number of hydrogen-bond donors (Lipinski definition) is 1. The molecule has 1 amide bonds. The third-order valence-electron chi connectivity index (χ3n) is 11.9. The molecule has 2 saturated heterocycles. The van der Waals surface area contributed by atoms with E-state index in [1.807, 2.05) is 92.7 Å². The van der Waals surface area contributed by atoms with Gasteiger partial charge in [-0.1, -0.05) is 75.4 Å². The fourth-order valence-electron chi connectivity index (χ4n) is 7.80. The van der Waals surface area contributed by atoms with Crippen LogP contribution < -0.4 is 14.8 Å². The third-order valence-corrected chi connectivity index (χ3v) is 16.4. The topological polar surface area (TPSA) is 133 Å². The summed E-state index contributed by atoms with van der Waals surface area (Å²) < 4.78 is 54.3. The number of carbonyl (C=O) groups is 1. The van der Waals surface area contributed by atoms with Gasteiger partial charge in [-0.2, -0.15) is 5.10 Å². The molecule has 0 bridgehead atoms. The number of amides is 1. The van der Waals surface area contributed by atoms with E-state index in [9.17, 15) is 4.79 Å². The molecule has 14 heteroatoms. The minimum absolute atomic E-state index is 0.0232. The number of ether oxygens (including phenoxy) is 7. The van der Waals surface area contributed by atoms with Crippen LogP contribution in [0.1, 0.15) is 83.9 Å². The molecule has 2 fully saturated rings. The predicted octanol–water partition coefficient (Wildman–Crippen LogP) is 9.45. The molecule has 4 atom stereocenters. The van der Waals surface area contributed by atoms with Gasteiger partial charge in [-0.15, -0.1) is 0 Å². The molecule has 4 heterocycles. The molecule has 5 aromatic rings. The maximum Gasteiger partial charge on any atom is 0.413 e. The van der Waals surface area contributed by atoms with Crippen LogP contribution in [-0.2, 0) is 33.7 Å². The number of benzene rings is 3. The van der Waals surface area contributed by atoms with Crippen molar-refractivity contribution in [2.24, 2.45) is 0 Å². The maximum atomic E-state index is 12.9. The molecule has 2 aliphatic heterocycles. The normalized spacial score (nSPS) is 21.6. The average molecular weight is 853 g/mol. The molecule has 13 nitrogen and oxygen atoms in total. The molecule has 2 aromatic heterocycles. The number of nitrogens with one attached hydrogen (secondary N) is 1. The van der Waals surface area contributed by atoms with Gasteiger partial charge in [-0.05, 0) is 106 Å².